The summed E-state index contributed by atoms with van der Waals surface area (Å²) in [5, 5.41) is 5.63. The van der Waals surface area contributed by atoms with E-state index in [0.29, 0.717) is 0 Å². The van der Waals surface area contributed by atoms with E-state index in [0.717, 1.165) is 27.8 Å². The zero-order chi connectivity index (χ0) is 17.4. The summed E-state index contributed by atoms with van der Waals surface area (Å²) < 4.78 is 24.9. The molecule has 0 fully saturated rings. The molecule has 1 aromatic heterocycles. The second-order valence-corrected chi connectivity index (χ2v) is 7.88. The van der Waals surface area contributed by atoms with Crippen molar-refractivity contribution in [3.8, 4) is 5.75 Å². The van der Waals surface area contributed by atoms with E-state index in [2.05, 4.69) is 39.7 Å². The Kier molecular flexibility index (Phi) is 3.84. The second kappa shape index (κ2) is 6.03. The Bertz CT molecular complexity index is 1170. The van der Waals surface area contributed by atoms with Crippen molar-refractivity contribution >= 4 is 53.4 Å². The number of nitrogens with one attached hydrogen (secondary N) is 2. The highest BCUT2D eigenvalue weighted by molar-refractivity contribution is 8.27. The van der Waals surface area contributed by atoms with Gasteiger partial charge in [0.05, 0.1) is 11.2 Å². The highest BCUT2D eigenvalue weighted by Crippen LogP contribution is 2.29. The van der Waals surface area contributed by atoms with Crippen LogP contribution in [0.25, 0.3) is 21.8 Å². The van der Waals surface area contributed by atoms with E-state index >= 15 is 0 Å². The summed E-state index contributed by atoms with van der Waals surface area (Å²) in [5.74, 6) is 0.250. The van der Waals surface area contributed by atoms with Crippen LogP contribution in [-0.2, 0) is 20.2 Å². The first-order valence-corrected chi connectivity index (χ1v) is 9.89. The van der Waals surface area contributed by atoms with Crippen LogP contribution in [0.4, 0.5) is 11.4 Å². The first-order valence-electron chi connectivity index (χ1n) is 7.52. The fourth-order valence-electron chi connectivity index (χ4n) is 2.81. The van der Waals surface area contributed by atoms with Crippen molar-refractivity contribution in [2.75, 3.05) is 5.32 Å². The van der Waals surface area contributed by atoms with Gasteiger partial charge in [0, 0.05) is 33.2 Å². The summed E-state index contributed by atoms with van der Waals surface area (Å²) in [6, 6.07) is 21.0. The van der Waals surface area contributed by atoms with Gasteiger partial charge in [-0.2, -0.15) is 4.21 Å². The molecular weight excluding hydrogens is 356 g/mol. The topological polar surface area (TPSA) is 74.3 Å². The van der Waals surface area contributed by atoms with Crippen LogP contribution in [0, 0.1) is 0 Å². The van der Waals surface area contributed by atoms with E-state index in [4.69, 9.17) is 8.74 Å². The molecule has 126 valence electrons. The number of para-hydroxylation sites is 1. The average molecular weight is 370 g/mol. The summed E-state index contributed by atoms with van der Waals surface area (Å²) in [6.45, 7) is 0. The van der Waals surface area contributed by atoms with Gasteiger partial charge in [0.25, 0.3) is 0 Å². The number of aromatic nitrogens is 1. The third kappa shape index (κ3) is 3.43. The van der Waals surface area contributed by atoms with Crippen LogP contribution in [0.1, 0.15) is 0 Å². The van der Waals surface area contributed by atoms with Crippen molar-refractivity contribution in [1.82, 2.24) is 4.98 Å². The highest BCUT2D eigenvalue weighted by Gasteiger charge is 2.06. The average Bonchev–Trinajstić information content (AvgIpc) is 2.93. The van der Waals surface area contributed by atoms with Crippen LogP contribution < -0.4 is 9.50 Å². The fraction of sp³-hybridized carbons (Fsp3) is 0. The van der Waals surface area contributed by atoms with Crippen molar-refractivity contribution in [3.63, 3.8) is 0 Å². The molecule has 0 saturated carbocycles. The van der Waals surface area contributed by atoms with E-state index in [1.165, 1.54) is 5.39 Å². The Morgan fingerprint density at radius 2 is 1.60 bits per heavy atom. The van der Waals surface area contributed by atoms with Crippen LogP contribution >= 0.6 is 0 Å². The first-order chi connectivity index (χ1) is 12.0. The minimum atomic E-state index is -3.68. The van der Waals surface area contributed by atoms with Crippen LogP contribution in [0.5, 0.6) is 5.75 Å². The lowest BCUT2D eigenvalue weighted by molar-refractivity contribution is 0.454. The van der Waals surface area contributed by atoms with Crippen LogP contribution in [0.15, 0.2) is 66.7 Å². The standard InChI is InChI=1S/C18H14N2O3S2/c21-25(22,24)23-14-8-5-12(6-9-14)19-13-7-10-18-16(11-13)15-3-1-2-4-17(15)20-18/h1-11,19-20H,(H,21,22,24). The second-order valence-electron chi connectivity index (χ2n) is 5.59. The molecule has 0 amide bonds. The fourth-order valence-corrected chi connectivity index (χ4v) is 3.40. The van der Waals surface area contributed by atoms with Gasteiger partial charge in [-0.3, -0.25) is 4.55 Å². The van der Waals surface area contributed by atoms with Gasteiger partial charge >= 0.3 is 9.05 Å². The Labute approximate surface area is 149 Å². The molecule has 4 rings (SSSR count). The molecule has 0 aliphatic carbocycles. The lowest BCUT2D eigenvalue weighted by Crippen LogP contribution is -2.04. The molecule has 0 spiro atoms. The minimum Gasteiger partial charge on any atom is -0.382 e. The minimum absolute atomic E-state index is 0.250. The number of benzene rings is 3. The Morgan fingerprint density at radius 3 is 2.36 bits per heavy atom. The summed E-state index contributed by atoms with van der Waals surface area (Å²) in [5.41, 5.74) is 3.96. The molecule has 0 saturated heterocycles. The normalized spacial score (nSPS) is 13.6. The Morgan fingerprint density at radius 1 is 0.920 bits per heavy atom. The maximum Gasteiger partial charge on any atom is 0.311 e. The maximum atomic E-state index is 11.1. The molecule has 7 heteroatoms. The van der Waals surface area contributed by atoms with Crippen molar-refractivity contribution in [3.05, 3.63) is 66.7 Å². The molecule has 3 N–H and O–H groups in total. The SMILES string of the molecule is O=S(O)(=S)Oc1ccc(Nc2ccc3[nH]c4ccccc4c3c2)cc1. The van der Waals surface area contributed by atoms with Gasteiger partial charge in [-0.15, -0.1) is 0 Å². The van der Waals surface area contributed by atoms with Gasteiger partial charge in [0.1, 0.15) is 5.75 Å². The number of anilines is 2. The molecular formula is C18H14N2O3S2. The monoisotopic (exact) mass is 370 g/mol. The first kappa shape index (κ1) is 15.9. The lowest BCUT2D eigenvalue weighted by atomic mass is 10.1. The van der Waals surface area contributed by atoms with E-state index in [1.54, 1.807) is 24.3 Å². The summed E-state index contributed by atoms with van der Waals surface area (Å²) in [4.78, 5) is 3.39. The van der Waals surface area contributed by atoms with Gasteiger partial charge in [-0.1, -0.05) is 18.2 Å². The van der Waals surface area contributed by atoms with E-state index in [-0.39, 0.29) is 5.75 Å². The molecule has 1 unspecified atom stereocenters. The molecule has 25 heavy (non-hydrogen) atoms. The van der Waals surface area contributed by atoms with Crippen LogP contribution in [0.2, 0.25) is 0 Å². The Hall–Kier alpha value is -2.61. The molecule has 0 bridgehead atoms. The van der Waals surface area contributed by atoms with Gasteiger partial charge < -0.3 is 14.5 Å². The number of rotatable bonds is 4. The smallest absolute Gasteiger partial charge is 0.311 e. The number of hydrogen-bond donors (Lipinski definition) is 3. The highest BCUT2D eigenvalue weighted by atomic mass is 32.9. The quantitative estimate of drug-likeness (QED) is 0.490. The molecule has 0 radical (unpaired) electrons. The number of hydrogen-bond acceptors (Lipinski definition) is 4. The third-order valence-electron chi connectivity index (χ3n) is 3.85. The lowest BCUT2D eigenvalue weighted by Gasteiger charge is -2.08. The van der Waals surface area contributed by atoms with Crippen molar-refractivity contribution in [2.45, 2.75) is 0 Å². The number of H-pyrrole nitrogens is 1. The zero-order valence-corrected chi connectivity index (χ0v) is 14.6. The number of aromatic amines is 1. The third-order valence-corrected chi connectivity index (χ3v) is 4.46. The maximum absolute atomic E-state index is 11.1. The van der Waals surface area contributed by atoms with Gasteiger partial charge in [0.15, 0.2) is 0 Å². The molecule has 5 nitrogen and oxygen atoms in total. The zero-order valence-electron chi connectivity index (χ0n) is 12.9. The number of fused-ring (bicyclic) bond motifs is 3. The van der Waals surface area contributed by atoms with Gasteiger partial charge in [-0.05, 0) is 48.5 Å². The van der Waals surface area contributed by atoms with Crippen LogP contribution in [0.3, 0.4) is 0 Å². The van der Waals surface area contributed by atoms with E-state index in [1.807, 2.05) is 24.3 Å². The van der Waals surface area contributed by atoms with Crippen LogP contribution in [-0.4, -0.2) is 13.7 Å². The molecule has 4 aromatic rings. The largest absolute Gasteiger partial charge is 0.382 e. The van der Waals surface area contributed by atoms with Crippen molar-refractivity contribution in [2.24, 2.45) is 0 Å². The predicted octanol–water partition coefficient (Wildman–Crippen LogP) is 4.58. The molecule has 1 atom stereocenters. The van der Waals surface area contributed by atoms with Crippen molar-refractivity contribution in [1.29, 1.82) is 0 Å². The summed E-state index contributed by atoms with van der Waals surface area (Å²) >= 11 is 4.32. The molecule has 0 aliphatic rings. The van der Waals surface area contributed by atoms with Gasteiger partial charge in [0.2, 0.25) is 0 Å². The Balaban J connectivity index is 1.63. The van der Waals surface area contributed by atoms with E-state index in [9.17, 15) is 4.21 Å². The predicted molar refractivity (Wildman–Crippen MR) is 104 cm³/mol. The summed E-state index contributed by atoms with van der Waals surface area (Å²) in [7, 11) is -3.68. The van der Waals surface area contributed by atoms with Crippen molar-refractivity contribution < 1.29 is 12.9 Å². The molecule has 1 heterocycles. The van der Waals surface area contributed by atoms with Gasteiger partial charge in [-0.25, -0.2) is 0 Å². The van der Waals surface area contributed by atoms with E-state index < -0.39 is 9.05 Å². The molecule has 0 aliphatic heterocycles. The summed E-state index contributed by atoms with van der Waals surface area (Å²) in [6.07, 6.45) is 0. The molecule has 3 aromatic carbocycles.